The van der Waals surface area contributed by atoms with Crippen molar-refractivity contribution in [3.05, 3.63) is 35.9 Å². The average Bonchev–Trinajstić information content (AvgIpc) is 2.47. The molecule has 1 aromatic carbocycles. The van der Waals surface area contributed by atoms with E-state index in [2.05, 4.69) is 4.72 Å². The minimum Gasteiger partial charge on any atom is -0.350 e. The quantitative estimate of drug-likeness (QED) is 0.832. The highest BCUT2D eigenvalue weighted by Crippen LogP contribution is 2.21. The third-order valence-electron chi connectivity index (χ3n) is 3.51. The molecule has 1 saturated heterocycles. The number of hydrogen-bond acceptors (Lipinski definition) is 4. The molecule has 0 spiro atoms. The molecule has 1 heterocycles. The zero-order valence-electron chi connectivity index (χ0n) is 12.4. The van der Waals surface area contributed by atoms with E-state index in [1.54, 1.807) is 0 Å². The Bertz CT molecular complexity index is 524. The number of hydrogen-bond donors (Lipinski definition) is 1. The predicted molar refractivity (Wildman–Crippen MR) is 81.5 cm³/mol. The first kappa shape index (κ1) is 16.4. The Morgan fingerprint density at radius 3 is 2.52 bits per heavy atom. The van der Waals surface area contributed by atoms with E-state index in [0.717, 1.165) is 12.0 Å². The first-order chi connectivity index (χ1) is 9.99. The topological polar surface area (TPSA) is 64.6 Å². The van der Waals surface area contributed by atoms with Gasteiger partial charge in [0.05, 0.1) is 19.0 Å². The molecular weight excluding hydrogens is 290 g/mol. The second-order valence-corrected chi connectivity index (χ2v) is 7.31. The zero-order chi connectivity index (χ0) is 15.2. The standard InChI is InChI=1S/C15H23NO4S/c1-15(19-11-5-12-20-15)9-10-16-21(17,18)13-8-14-6-3-2-4-7-14/h2-4,6-7,16H,5,8-13H2,1H3. The van der Waals surface area contributed by atoms with E-state index in [1.807, 2.05) is 37.3 Å². The first-order valence-corrected chi connectivity index (χ1v) is 8.94. The summed E-state index contributed by atoms with van der Waals surface area (Å²) in [6.45, 7) is 3.51. The van der Waals surface area contributed by atoms with Gasteiger partial charge in [0, 0.05) is 13.0 Å². The highest BCUT2D eigenvalue weighted by Gasteiger charge is 2.28. The van der Waals surface area contributed by atoms with E-state index in [-0.39, 0.29) is 5.75 Å². The largest absolute Gasteiger partial charge is 0.350 e. The fourth-order valence-electron chi connectivity index (χ4n) is 2.22. The fourth-order valence-corrected chi connectivity index (χ4v) is 3.29. The van der Waals surface area contributed by atoms with Crippen LogP contribution in [-0.4, -0.2) is 39.7 Å². The SMILES string of the molecule is CC1(CCNS(=O)(=O)CCc2ccccc2)OCCCO1. The number of ether oxygens (including phenoxy) is 2. The van der Waals surface area contributed by atoms with E-state index < -0.39 is 15.8 Å². The summed E-state index contributed by atoms with van der Waals surface area (Å²) >= 11 is 0. The second-order valence-electron chi connectivity index (χ2n) is 5.38. The molecular formula is C15H23NO4S. The Hall–Kier alpha value is -0.950. The van der Waals surface area contributed by atoms with Crippen LogP contribution in [0.2, 0.25) is 0 Å². The summed E-state index contributed by atoms with van der Waals surface area (Å²) in [7, 11) is -3.27. The molecule has 0 atom stereocenters. The van der Waals surface area contributed by atoms with Gasteiger partial charge in [0.25, 0.3) is 0 Å². The van der Waals surface area contributed by atoms with Crippen molar-refractivity contribution in [2.45, 2.75) is 32.0 Å². The maximum atomic E-state index is 12.0. The van der Waals surface area contributed by atoms with Gasteiger partial charge < -0.3 is 9.47 Å². The molecule has 5 nitrogen and oxygen atoms in total. The Kier molecular flexibility index (Phi) is 5.75. The van der Waals surface area contributed by atoms with Crippen molar-refractivity contribution in [1.29, 1.82) is 0 Å². The molecule has 1 fully saturated rings. The second kappa shape index (κ2) is 7.35. The van der Waals surface area contributed by atoms with Crippen LogP contribution in [0.4, 0.5) is 0 Å². The molecule has 0 bridgehead atoms. The van der Waals surface area contributed by atoms with E-state index in [4.69, 9.17) is 9.47 Å². The van der Waals surface area contributed by atoms with Crippen LogP contribution < -0.4 is 4.72 Å². The van der Waals surface area contributed by atoms with Gasteiger partial charge in [-0.2, -0.15) is 0 Å². The molecule has 0 aromatic heterocycles. The fraction of sp³-hybridized carbons (Fsp3) is 0.600. The van der Waals surface area contributed by atoms with E-state index in [9.17, 15) is 8.42 Å². The number of nitrogens with one attached hydrogen (secondary N) is 1. The number of rotatable bonds is 7. The Morgan fingerprint density at radius 2 is 1.86 bits per heavy atom. The lowest BCUT2D eigenvalue weighted by atomic mass is 10.2. The van der Waals surface area contributed by atoms with Crippen LogP contribution in [0.25, 0.3) is 0 Å². The van der Waals surface area contributed by atoms with Crippen molar-refractivity contribution in [3.63, 3.8) is 0 Å². The van der Waals surface area contributed by atoms with Crippen LogP contribution in [0.1, 0.15) is 25.3 Å². The van der Waals surface area contributed by atoms with Crippen LogP contribution >= 0.6 is 0 Å². The van der Waals surface area contributed by atoms with Crippen LogP contribution in [0.3, 0.4) is 0 Å². The van der Waals surface area contributed by atoms with Gasteiger partial charge in [-0.1, -0.05) is 30.3 Å². The summed E-state index contributed by atoms with van der Waals surface area (Å²) in [6.07, 6.45) is 1.91. The minimum atomic E-state index is -3.27. The lowest BCUT2D eigenvalue weighted by molar-refractivity contribution is -0.257. The molecule has 1 N–H and O–H groups in total. The van der Waals surface area contributed by atoms with E-state index >= 15 is 0 Å². The highest BCUT2D eigenvalue weighted by molar-refractivity contribution is 7.89. The minimum absolute atomic E-state index is 0.0927. The predicted octanol–water partition coefficient (Wildman–Crippen LogP) is 1.69. The monoisotopic (exact) mass is 313 g/mol. The number of benzene rings is 1. The van der Waals surface area contributed by atoms with Gasteiger partial charge in [0.2, 0.25) is 10.0 Å². The van der Waals surface area contributed by atoms with Crippen LogP contribution in [0.15, 0.2) is 30.3 Å². The van der Waals surface area contributed by atoms with Crippen LogP contribution in [0, 0.1) is 0 Å². The molecule has 1 aromatic rings. The van der Waals surface area contributed by atoms with Crippen molar-refractivity contribution in [2.24, 2.45) is 0 Å². The van der Waals surface area contributed by atoms with Gasteiger partial charge in [-0.3, -0.25) is 0 Å². The van der Waals surface area contributed by atoms with Gasteiger partial charge in [-0.15, -0.1) is 0 Å². The maximum Gasteiger partial charge on any atom is 0.211 e. The number of sulfonamides is 1. The molecule has 6 heteroatoms. The van der Waals surface area contributed by atoms with Gasteiger partial charge in [-0.05, 0) is 25.3 Å². The Labute approximate surface area is 126 Å². The van der Waals surface area contributed by atoms with Crippen molar-refractivity contribution in [3.8, 4) is 0 Å². The van der Waals surface area contributed by atoms with Crippen LogP contribution in [-0.2, 0) is 25.9 Å². The molecule has 0 aliphatic carbocycles. The lowest BCUT2D eigenvalue weighted by Crippen LogP contribution is -2.41. The molecule has 0 amide bonds. The zero-order valence-corrected chi connectivity index (χ0v) is 13.2. The van der Waals surface area contributed by atoms with E-state index in [1.165, 1.54) is 0 Å². The molecule has 118 valence electrons. The summed E-state index contributed by atoms with van der Waals surface area (Å²) in [6, 6.07) is 9.60. The lowest BCUT2D eigenvalue weighted by Gasteiger charge is -2.33. The van der Waals surface area contributed by atoms with Gasteiger partial charge in [0.15, 0.2) is 5.79 Å². The van der Waals surface area contributed by atoms with Gasteiger partial charge in [-0.25, -0.2) is 13.1 Å². The van der Waals surface area contributed by atoms with Crippen molar-refractivity contribution >= 4 is 10.0 Å². The average molecular weight is 313 g/mol. The van der Waals surface area contributed by atoms with E-state index in [0.29, 0.717) is 32.6 Å². The number of aryl methyl sites for hydroxylation is 1. The molecule has 0 radical (unpaired) electrons. The highest BCUT2D eigenvalue weighted by atomic mass is 32.2. The molecule has 1 aliphatic heterocycles. The van der Waals surface area contributed by atoms with Crippen molar-refractivity contribution < 1.29 is 17.9 Å². The van der Waals surface area contributed by atoms with Gasteiger partial charge in [0.1, 0.15) is 0 Å². The summed E-state index contributed by atoms with van der Waals surface area (Å²) in [5, 5.41) is 0. The smallest absolute Gasteiger partial charge is 0.211 e. The maximum absolute atomic E-state index is 12.0. The van der Waals surface area contributed by atoms with Crippen molar-refractivity contribution in [2.75, 3.05) is 25.5 Å². The molecule has 0 unspecified atom stereocenters. The summed E-state index contributed by atoms with van der Waals surface area (Å²) in [4.78, 5) is 0. The summed E-state index contributed by atoms with van der Waals surface area (Å²) in [5.74, 6) is -0.574. The Balaban J connectivity index is 1.73. The first-order valence-electron chi connectivity index (χ1n) is 7.28. The third-order valence-corrected chi connectivity index (χ3v) is 4.89. The molecule has 2 rings (SSSR count). The Morgan fingerprint density at radius 1 is 1.19 bits per heavy atom. The van der Waals surface area contributed by atoms with Crippen molar-refractivity contribution in [1.82, 2.24) is 4.72 Å². The van der Waals surface area contributed by atoms with Gasteiger partial charge >= 0.3 is 0 Å². The molecule has 0 saturated carbocycles. The molecule has 21 heavy (non-hydrogen) atoms. The normalized spacial score (nSPS) is 18.5. The third kappa shape index (κ3) is 5.74. The van der Waals surface area contributed by atoms with Crippen LogP contribution in [0.5, 0.6) is 0 Å². The molecule has 1 aliphatic rings. The summed E-state index contributed by atoms with van der Waals surface area (Å²) < 4.78 is 37.6. The summed E-state index contributed by atoms with van der Waals surface area (Å²) in [5.41, 5.74) is 1.02.